The molecule has 198 valence electrons. The third-order valence-electron chi connectivity index (χ3n) is 12.7. The van der Waals surface area contributed by atoms with Crippen molar-refractivity contribution in [3.05, 3.63) is 23.3 Å². The van der Waals surface area contributed by atoms with Crippen LogP contribution in [0.4, 0.5) is 0 Å². The van der Waals surface area contributed by atoms with Crippen LogP contribution in [-0.2, 0) is 19.1 Å². The third-order valence-corrected chi connectivity index (χ3v) is 12.7. The molecule has 0 aliphatic heterocycles. The maximum atomic E-state index is 13.4. The molecule has 4 heteroatoms. The molecule has 5 aliphatic carbocycles. The van der Waals surface area contributed by atoms with E-state index in [9.17, 15) is 14.4 Å². The van der Waals surface area contributed by atoms with E-state index in [2.05, 4.69) is 60.6 Å². The maximum absolute atomic E-state index is 13.4. The Kier molecular flexibility index (Phi) is 5.52. The van der Waals surface area contributed by atoms with Gasteiger partial charge in [-0.3, -0.25) is 14.4 Å². The van der Waals surface area contributed by atoms with Crippen LogP contribution in [0.3, 0.4) is 0 Å². The van der Waals surface area contributed by atoms with Crippen LogP contribution in [-0.4, -0.2) is 25.1 Å². The number of rotatable bonds is 2. The molecule has 0 heterocycles. The summed E-state index contributed by atoms with van der Waals surface area (Å²) in [6.45, 7) is 16.1. The highest BCUT2D eigenvalue weighted by molar-refractivity contribution is 6.15. The van der Waals surface area contributed by atoms with Crippen molar-refractivity contribution in [1.29, 1.82) is 0 Å². The number of aldehydes is 1. The SMILES string of the molecule is COC(=O)[C@]12CCC(C)(C)CC1C1=CC[C@@H]3[C@@]4(C)C=C(C=O)C(=O)C(C)(C)[C@@H]4CC[C@@]3(C)[C@]1(C)CC2. The van der Waals surface area contributed by atoms with Crippen molar-refractivity contribution in [3.8, 4) is 0 Å². The predicted octanol–water partition coefficient (Wildman–Crippen LogP) is 6.88. The second kappa shape index (κ2) is 7.67. The number of hydrogen-bond acceptors (Lipinski definition) is 4. The highest BCUT2D eigenvalue weighted by atomic mass is 16.5. The lowest BCUT2D eigenvalue weighted by Gasteiger charge is -2.69. The highest BCUT2D eigenvalue weighted by Gasteiger charge is 2.69. The van der Waals surface area contributed by atoms with E-state index in [0.717, 1.165) is 57.7 Å². The molecule has 5 rings (SSSR count). The van der Waals surface area contributed by atoms with Gasteiger partial charge in [-0.1, -0.05) is 66.2 Å². The van der Waals surface area contributed by atoms with Crippen molar-refractivity contribution >= 4 is 18.0 Å². The Morgan fingerprint density at radius 3 is 2.28 bits per heavy atom. The van der Waals surface area contributed by atoms with E-state index in [-0.39, 0.29) is 45.2 Å². The van der Waals surface area contributed by atoms with Gasteiger partial charge in [0.05, 0.1) is 18.1 Å². The molecule has 0 aromatic rings. The number of esters is 1. The summed E-state index contributed by atoms with van der Waals surface area (Å²) in [5.41, 5.74) is 0.944. The standard InChI is InChI=1S/C32H46O4/c1-27(2)13-15-32(26(35)36-8)16-14-30(6)21(22(32)18-27)9-10-24-29(5)17-20(19-33)25(34)28(3,4)23(29)11-12-31(24,30)7/h9,17,19,22-24H,10-16,18H2,1-8H3/t22?,23-,24+,29-,30+,31+,32-/m0/s1. The third kappa shape index (κ3) is 3.02. The molecule has 36 heavy (non-hydrogen) atoms. The molecule has 0 N–H and O–H groups in total. The molecule has 0 bridgehead atoms. The largest absolute Gasteiger partial charge is 0.469 e. The minimum absolute atomic E-state index is 0.00629. The number of allylic oxidation sites excluding steroid dienone is 4. The smallest absolute Gasteiger partial charge is 0.312 e. The maximum Gasteiger partial charge on any atom is 0.312 e. The molecular formula is C32H46O4. The molecule has 0 aromatic heterocycles. The fourth-order valence-corrected chi connectivity index (χ4v) is 10.5. The van der Waals surface area contributed by atoms with Crippen molar-refractivity contribution in [3.63, 3.8) is 0 Å². The van der Waals surface area contributed by atoms with Crippen LogP contribution < -0.4 is 0 Å². The zero-order valence-electron chi connectivity index (χ0n) is 23.8. The van der Waals surface area contributed by atoms with Crippen molar-refractivity contribution in [2.45, 2.75) is 99.8 Å². The molecule has 0 amide bonds. The lowest BCUT2D eigenvalue weighted by Crippen LogP contribution is -2.64. The molecule has 4 nitrogen and oxygen atoms in total. The fraction of sp³-hybridized carbons (Fsp3) is 0.781. The minimum Gasteiger partial charge on any atom is -0.469 e. The normalized spacial score (nSPS) is 46.7. The average molecular weight is 495 g/mol. The highest BCUT2D eigenvalue weighted by Crippen LogP contribution is 2.75. The minimum atomic E-state index is -0.536. The second-order valence-corrected chi connectivity index (χ2v) is 15.0. The van der Waals surface area contributed by atoms with Crippen LogP contribution in [0.25, 0.3) is 0 Å². The van der Waals surface area contributed by atoms with E-state index in [1.807, 2.05) is 0 Å². The molecule has 3 saturated carbocycles. The zero-order chi connectivity index (χ0) is 26.5. The number of carbonyl (C=O) groups excluding carboxylic acids is 3. The van der Waals surface area contributed by atoms with Gasteiger partial charge in [0.1, 0.15) is 0 Å². The summed E-state index contributed by atoms with van der Waals surface area (Å²) in [6, 6.07) is 0. The van der Waals surface area contributed by atoms with Crippen molar-refractivity contribution in [1.82, 2.24) is 0 Å². The number of carbonyl (C=O) groups is 3. The summed E-state index contributed by atoms with van der Waals surface area (Å²) in [5, 5.41) is 0. The summed E-state index contributed by atoms with van der Waals surface area (Å²) < 4.78 is 5.47. The van der Waals surface area contributed by atoms with E-state index in [1.54, 1.807) is 7.11 Å². The van der Waals surface area contributed by atoms with Crippen molar-refractivity contribution < 1.29 is 19.1 Å². The molecule has 7 atom stereocenters. The monoisotopic (exact) mass is 494 g/mol. The Labute approximate surface area is 217 Å². The van der Waals surface area contributed by atoms with Crippen LogP contribution in [0.15, 0.2) is 23.3 Å². The predicted molar refractivity (Wildman–Crippen MR) is 141 cm³/mol. The Balaban J connectivity index is 1.65. The van der Waals surface area contributed by atoms with Gasteiger partial charge in [0.15, 0.2) is 12.1 Å². The van der Waals surface area contributed by atoms with Crippen LogP contribution in [0.5, 0.6) is 0 Å². The topological polar surface area (TPSA) is 60.4 Å². The van der Waals surface area contributed by atoms with Gasteiger partial charge in [-0.25, -0.2) is 0 Å². The number of fused-ring (bicyclic) bond motifs is 7. The lowest BCUT2D eigenvalue weighted by molar-refractivity contribution is -0.177. The van der Waals surface area contributed by atoms with Crippen LogP contribution in [0, 0.1) is 50.2 Å². The Morgan fingerprint density at radius 2 is 1.64 bits per heavy atom. The summed E-state index contributed by atoms with van der Waals surface area (Å²) >= 11 is 0. The van der Waals surface area contributed by atoms with Gasteiger partial charge in [0.2, 0.25) is 0 Å². The van der Waals surface area contributed by atoms with Gasteiger partial charge in [0.25, 0.3) is 0 Å². The van der Waals surface area contributed by atoms with E-state index >= 15 is 0 Å². The summed E-state index contributed by atoms with van der Waals surface area (Å²) in [5.74, 6) is 0.791. The van der Waals surface area contributed by atoms with Crippen LogP contribution in [0.1, 0.15) is 99.8 Å². The van der Waals surface area contributed by atoms with Gasteiger partial charge in [-0.05, 0) is 90.8 Å². The first kappa shape index (κ1) is 25.9. The first-order valence-corrected chi connectivity index (χ1v) is 14.1. The molecule has 0 saturated heterocycles. The first-order valence-electron chi connectivity index (χ1n) is 14.1. The van der Waals surface area contributed by atoms with Crippen LogP contribution >= 0.6 is 0 Å². The van der Waals surface area contributed by atoms with Gasteiger partial charge in [-0.2, -0.15) is 0 Å². The summed E-state index contributed by atoms with van der Waals surface area (Å²) in [4.78, 5) is 38.6. The molecule has 5 aliphatic rings. The summed E-state index contributed by atoms with van der Waals surface area (Å²) in [7, 11) is 1.56. The van der Waals surface area contributed by atoms with E-state index < -0.39 is 10.8 Å². The fourth-order valence-electron chi connectivity index (χ4n) is 10.5. The molecular weight excluding hydrogens is 448 g/mol. The quantitative estimate of drug-likeness (QED) is 0.182. The average Bonchev–Trinajstić information content (AvgIpc) is 2.81. The van der Waals surface area contributed by atoms with Gasteiger partial charge in [0, 0.05) is 5.41 Å². The van der Waals surface area contributed by atoms with E-state index in [4.69, 9.17) is 4.74 Å². The molecule has 0 aromatic carbocycles. The zero-order valence-corrected chi connectivity index (χ0v) is 23.8. The first-order chi connectivity index (χ1) is 16.6. The number of methoxy groups -OCH3 is 1. The van der Waals surface area contributed by atoms with Gasteiger partial charge in [-0.15, -0.1) is 0 Å². The number of Topliss-reactive ketones (excluding diaryl/α,β-unsaturated/α-hetero) is 1. The van der Waals surface area contributed by atoms with Crippen molar-refractivity contribution in [2.75, 3.05) is 7.11 Å². The second-order valence-electron chi connectivity index (χ2n) is 15.0. The Morgan fingerprint density at radius 1 is 0.972 bits per heavy atom. The summed E-state index contributed by atoms with van der Waals surface area (Å²) in [6.07, 6.45) is 13.2. The molecule has 0 spiro atoms. The van der Waals surface area contributed by atoms with Gasteiger partial charge >= 0.3 is 5.97 Å². The van der Waals surface area contributed by atoms with Gasteiger partial charge < -0.3 is 4.74 Å². The van der Waals surface area contributed by atoms with E-state index in [1.165, 1.54) is 5.57 Å². The Hall–Kier alpha value is -1.71. The van der Waals surface area contributed by atoms with Crippen LogP contribution in [0.2, 0.25) is 0 Å². The molecule has 1 unspecified atom stereocenters. The van der Waals surface area contributed by atoms with E-state index in [0.29, 0.717) is 11.5 Å². The van der Waals surface area contributed by atoms with Crippen molar-refractivity contribution in [2.24, 2.45) is 50.2 Å². The molecule has 3 fully saturated rings. The number of hydrogen-bond donors (Lipinski definition) is 0. The Bertz CT molecular complexity index is 1080. The number of ketones is 1. The lowest BCUT2D eigenvalue weighted by atomic mass is 9.34. The number of ether oxygens (including phenoxy) is 1. The molecule has 0 radical (unpaired) electrons.